The minimum Gasteiger partial charge on any atom is -0.447 e. The maximum Gasteiger partial charge on any atom is 0.452 e. The molecule has 0 aromatic carbocycles. The highest BCUT2D eigenvalue weighted by molar-refractivity contribution is 5.63. The maximum atomic E-state index is 9.54. The molecular formula is C4H7NO2. The van der Waals surface area contributed by atoms with Crippen LogP contribution in [0.3, 0.4) is 0 Å². The first-order chi connectivity index (χ1) is 3.27. The first-order valence-electron chi connectivity index (χ1n) is 2.13. The van der Waals surface area contributed by atoms with Crippen molar-refractivity contribution in [2.24, 2.45) is 0 Å². The summed E-state index contributed by atoms with van der Waals surface area (Å²) >= 11 is 0. The average Bonchev–Trinajstić information content (AvgIpc) is 1.61. The number of hydrogen-bond acceptors (Lipinski definition) is 2. The third-order valence-electron chi connectivity index (χ3n) is 0.430. The Hall–Kier alpha value is -0.730. The summed E-state index contributed by atoms with van der Waals surface area (Å²) in [7, 11) is 0. The summed E-state index contributed by atoms with van der Waals surface area (Å²) in [5.41, 5.74) is 7.82. The van der Waals surface area contributed by atoms with E-state index >= 15 is 0 Å². The fraction of sp³-hybridized carbons (Fsp3) is 0.750. The van der Waals surface area contributed by atoms with Crippen LogP contribution >= 0.6 is 0 Å². The molecule has 2 radical (unpaired) electrons. The fourth-order valence-corrected chi connectivity index (χ4v) is 0.189. The van der Waals surface area contributed by atoms with Crippen molar-refractivity contribution in [1.29, 1.82) is 0 Å². The van der Waals surface area contributed by atoms with Gasteiger partial charge in [0.05, 0.1) is 6.61 Å². The molecule has 0 saturated carbocycles. The lowest BCUT2D eigenvalue weighted by Gasteiger charge is -1.90. The molecular weight excluding hydrogens is 94.0 g/mol. The summed E-state index contributed by atoms with van der Waals surface area (Å²) in [4.78, 5) is 9.54. The minimum absolute atomic E-state index is 0.301. The summed E-state index contributed by atoms with van der Waals surface area (Å²) in [5, 5.41) is 0. The van der Waals surface area contributed by atoms with Crippen molar-refractivity contribution in [2.75, 3.05) is 6.61 Å². The van der Waals surface area contributed by atoms with Crippen molar-refractivity contribution in [3.05, 3.63) is 0 Å². The highest BCUT2D eigenvalue weighted by Gasteiger charge is 1.90. The predicted octanol–water partition coefficient (Wildman–Crippen LogP) is 0.602. The van der Waals surface area contributed by atoms with Gasteiger partial charge >= 0.3 is 6.09 Å². The van der Waals surface area contributed by atoms with Crippen molar-refractivity contribution in [3.8, 4) is 0 Å². The highest BCUT2D eigenvalue weighted by Crippen LogP contribution is 1.77. The Bertz CT molecular complexity index is 62.7. The Kier molecular flexibility index (Phi) is 3.10. The Morgan fingerprint density at radius 2 is 2.43 bits per heavy atom. The third-order valence-corrected chi connectivity index (χ3v) is 0.430. The standard InChI is InChI=1S/C4H7NO2/c1-2-3-7-4(5)6/h2-3H2,1H3. The first kappa shape index (κ1) is 6.27. The summed E-state index contributed by atoms with van der Waals surface area (Å²) < 4.78 is 4.11. The second kappa shape index (κ2) is 3.46. The highest BCUT2D eigenvalue weighted by atomic mass is 16.5. The van der Waals surface area contributed by atoms with Gasteiger partial charge in [-0.05, 0) is 6.42 Å². The Labute approximate surface area is 42.4 Å². The molecule has 0 aliphatic carbocycles. The van der Waals surface area contributed by atoms with Crippen LogP contribution in [-0.4, -0.2) is 12.7 Å². The van der Waals surface area contributed by atoms with Crippen LogP contribution in [0.25, 0.3) is 0 Å². The van der Waals surface area contributed by atoms with Gasteiger partial charge in [-0.15, -0.1) is 0 Å². The van der Waals surface area contributed by atoms with Gasteiger partial charge in [0.15, 0.2) is 0 Å². The van der Waals surface area contributed by atoms with Gasteiger partial charge in [-0.2, -0.15) is 0 Å². The average molecular weight is 101 g/mol. The van der Waals surface area contributed by atoms with Crippen molar-refractivity contribution in [2.45, 2.75) is 13.3 Å². The Morgan fingerprint density at radius 3 is 2.57 bits per heavy atom. The van der Waals surface area contributed by atoms with Crippen molar-refractivity contribution >= 4 is 6.09 Å². The van der Waals surface area contributed by atoms with Gasteiger partial charge in [-0.1, -0.05) is 12.7 Å². The molecule has 0 aliphatic rings. The molecule has 40 valence electrons. The molecule has 3 heteroatoms. The zero-order valence-corrected chi connectivity index (χ0v) is 4.18. The smallest absolute Gasteiger partial charge is 0.447 e. The first-order valence-corrected chi connectivity index (χ1v) is 2.13. The van der Waals surface area contributed by atoms with Crippen molar-refractivity contribution in [1.82, 2.24) is 5.73 Å². The molecule has 3 nitrogen and oxygen atoms in total. The van der Waals surface area contributed by atoms with Gasteiger partial charge < -0.3 is 4.74 Å². The molecule has 0 unspecified atom stereocenters. The second-order valence-electron chi connectivity index (χ2n) is 1.11. The summed E-state index contributed by atoms with van der Waals surface area (Å²) in [6.07, 6.45) is -0.450. The van der Waals surface area contributed by atoms with E-state index in [9.17, 15) is 4.79 Å². The lowest BCUT2D eigenvalue weighted by atomic mass is 10.5. The molecule has 0 saturated heterocycles. The van der Waals surface area contributed by atoms with Gasteiger partial charge in [-0.3, -0.25) is 0 Å². The molecule has 7 heavy (non-hydrogen) atoms. The molecule has 0 aromatic rings. The molecule has 0 spiro atoms. The second-order valence-corrected chi connectivity index (χ2v) is 1.11. The van der Waals surface area contributed by atoms with Crippen LogP contribution < -0.4 is 5.73 Å². The van der Waals surface area contributed by atoms with E-state index < -0.39 is 6.09 Å². The molecule has 0 rings (SSSR count). The monoisotopic (exact) mass is 101 g/mol. The number of carbonyl (C=O) groups excluding carboxylic acids is 1. The van der Waals surface area contributed by atoms with E-state index in [4.69, 9.17) is 5.73 Å². The largest absolute Gasteiger partial charge is 0.452 e. The molecule has 0 aromatic heterocycles. The number of nitrogens with zero attached hydrogens (tertiary/aromatic N) is 1. The lowest BCUT2D eigenvalue weighted by Crippen LogP contribution is -2.01. The van der Waals surface area contributed by atoms with Crippen molar-refractivity contribution < 1.29 is 9.53 Å². The van der Waals surface area contributed by atoms with Gasteiger partial charge in [-0.25, -0.2) is 4.79 Å². The Balaban J connectivity index is 2.82. The summed E-state index contributed by atoms with van der Waals surface area (Å²) in [6.45, 7) is 2.15. The number of hydrogen-bond donors (Lipinski definition) is 0. The number of ether oxygens (including phenoxy) is 1. The summed E-state index contributed by atoms with van der Waals surface area (Å²) in [5.74, 6) is 0. The van der Waals surface area contributed by atoms with Crippen LogP contribution in [0, 0.1) is 0 Å². The van der Waals surface area contributed by atoms with Gasteiger partial charge in [0, 0.05) is 0 Å². The zero-order chi connectivity index (χ0) is 5.70. The maximum absolute atomic E-state index is 9.54. The van der Waals surface area contributed by atoms with Crippen LogP contribution in [0.4, 0.5) is 4.79 Å². The SMILES string of the molecule is CCCOC([N])=O. The van der Waals surface area contributed by atoms with Crippen LogP contribution in [0.15, 0.2) is 0 Å². The molecule has 1 amide bonds. The molecule has 0 atom stereocenters. The van der Waals surface area contributed by atoms with Crippen LogP contribution in [0.1, 0.15) is 13.3 Å². The molecule has 0 aliphatic heterocycles. The van der Waals surface area contributed by atoms with E-state index in [1.54, 1.807) is 0 Å². The van der Waals surface area contributed by atoms with Gasteiger partial charge in [0.1, 0.15) is 0 Å². The van der Waals surface area contributed by atoms with Gasteiger partial charge in [0.25, 0.3) is 0 Å². The number of amides is 1. The third kappa shape index (κ3) is 5.27. The number of carbonyl (C=O) groups is 1. The molecule has 0 N–H and O–H groups in total. The number of rotatable bonds is 2. The van der Waals surface area contributed by atoms with E-state index in [1.165, 1.54) is 0 Å². The topological polar surface area (TPSA) is 48.6 Å². The minimum atomic E-state index is -1.19. The Morgan fingerprint density at radius 1 is 1.86 bits per heavy atom. The molecule has 0 bridgehead atoms. The van der Waals surface area contributed by atoms with E-state index in [0.29, 0.717) is 6.61 Å². The quantitative estimate of drug-likeness (QED) is 0.511. The molecule has 0 heterocycles. The molecule has 0 fully saturated rings. The van der Waals surface area contributed by atoms with E-state index in [1.807, 2.05) is 6.92 Å². The van der Waals surface area contributed by atoms with Crippen LogP contribution in [-0.2, 0) is 4.74 Å². The van der Waals surface area contributed by atoms with Gasteiger partial charge in [0.2, 0.25) is 0 Å². The fourth-order valence-electron chi connectivity index (χ4n) is 0.189. The normalized spacial score (nSPS) is 8.14. The lowest BCUT2D eigenvalue weighted by molar-refractivity contribution is 0.155. The van der Waals surface area contributed by atoms with Crippen molar-refractivity contribution in [3.63, 3.8) is 0 Å². The summed E-state index contributed by atoms with van der Waals surface area (Å²) in [6, 6.07) is 0. The van der Waals surface area contributed by atoms with Crippen LogP contribution in [0.2, 0.25) is 0 Å². The predicted molar refractivity (Wildman–Crippen MR) is 23.8 cm³/mol. The van der Waals surface area contributed by atoms with E-state index in [-0.39, 0.29) is 0 Å². The zero-order valence-electron chi connectivity index (χ0n) is 4.18. The van der Waals surface area contributed by atoms with E-state index in [2.05, 4.69) is 4.74 Å². The van der Waals surface area contributed by atoms with E-state index in [0.717, 1.165) is 6.42 Å². The van der Waals surface area contributed by atoms with Crippen LogP contribution in [0.5, 0.6) is 0 Å².